The highest BCUT2D eigenvalue weighted by molar-refractivity contribution is 6.33. The standard InChI is InChI=1S/C43H64Cl2F3N7O10/c1-9-54(40(61)29(17-20-64-7)49-36(57)33-14-12-19-55(33)41(62)42(4,63)43(46,47)48)32-13-10-11-18-52(5)38(59)31(24-65-8)51-37(58)34(23-26-22-27(44)15-16-28(26)45)53(6)39(60)30(21-25(2)3)50-35(32)56/h15-16,22,25,29-34,63H,9-14,17-21,23-24H2,1-8H3,(H,49,57)(H,50,56)(H,51,58)/t29-,30-,31+,32-,33-,34-,42+/m0/s1. The number of nitrogens with zero attached hydrogens (tertiary/aromatic N) is 4. The molecule has 0 radical (unpaired) electrons. The van der Waals surface area contributed by atoms with E-state index >= 15 is 0 Å². The summed E-state index contributed by atoms with van der Waals surface area (Å²) in [5, 5.41) is 18.9. The van der Waals surface area contributed by atoms with Gasteiger partial charge in [0.05, 0.1) is 6.61 Å². The van der Waals surface area contributed by atoms with E-state index < -0.39 is 89.4 Å². The van der Waals surface area contributed by atoms with Crippen molar-refractivity contribution < 1.29 is 61.3 Å². The zero-order valence-electron chi connectivity index (χ0n) is 38.3. The number of rotatable bonds is 15. The lowest BCUT2D eigenvalue weighted by Gasteiger charge is -2.37. The molecule has 65 heavy (non-hydrogen) atoms. The molecule has 0 unspecified atom stereocenters. The van der Waals surface area contributed by atoms with E-state index in [0.29, 0.717) is 28.8 Å². The number of carbonyl (C=O) groups excluding carboxylic acids is 7. The van der Waals surface area contributed by atoms with Gasteiger partial charge in [-0.15, -0.1) is 0 Å². The molecule has 0 bridgehead atoms. The van der Waals surface area contributed by atoms with E-state index in [4.69, 9.17) is 32.7 Å². The second-order valence-electron chi connectivity index (χ2n) is 17.1. The van der Waals surface area contributed by atoms with E-state index in [2.05, 4.69) is 16.0 Å². The van der Waals surface area contributed by atoms with Gasteiger partial charge in [-0.25, -0.2) is 0 Å². The Hall–Kier alpha value is -4.24. The highest BCUT2D eigenvalue weighted by Gasteiger charge is 2.58. The monoisotopic (exact) mass is 965 g/mol. The fraction of sp³-hybridized carbons (Fsp3) is 0.698. The number of hydrogen-bond donors (Lipinski definition) is 4. The summed E-state index contributed by atoms with van der Waals surface area (Å²) in [4.78, 5) is 103. The highest BCUT2D eigenvalue weighted by Crippen LogP contribution is 2.34. The molecule has 3 rings (SSSR count). The Labute approximate surface area is 388 Å². The Balaban J connectivity index is 2.07. The molecule has 7 atom stereocenters. The van der Waals surface area contributed by atoms with Crippen LogP contribution in [0.2, 0.25) is 10.0 Å². The number of likely N-dealkylation sites (N-methyl/N-ethyl adjacent to an activating group) is 3. The molecule has 1 aromatic carbocycles. The Kier molecular flexibility index (Phi) is 20.8. The first-order valence-electron chi connectivity index (χ1n) is 21.7. The zero-order chi connectivity index (χ0) is 49.0. The lowest BCUT2D eigenvalue weighted by Crippen LogP contribution is -2.62. The van der Waals surface area contributed by atoms with Crippen LogP contribution in [0.15, 0.2) is 18.2 Å². The van der Waals surface area contributed by atoms with Gasteiger partial charge in [0.1, 0.15) is 36.3 Å². The Bertz CT molecular complexity index is 1860. The van der Waals surface area contributed by atoms with Gasteiger partial charge in [-0.3, -0.25) is 33.6 Å². The maximum atomic E-state index is 14.6. The number of aliphatic hydroxyl groups is 1. The molecular formula is C43H64Cl2F3N7O10. The van der Waals surface area contributed by atoms with Gasteiger partial charge in [-0.05, 0) is 88.5 Å². The summed E-state index contributed by atoms with van der Waals surface area (Å²) in [6, 6.07) is -3.09. The molecule has 0 aromatic heterocycles. The van der Waals surface area contributed by atoms with Crippen molar-refractivity contribution in [2.75, 3.05) is 61.2 Å². The number of likely N-dealkylation sites (tertiary alicyclic amines) is 1. The third kappa shape index (κ3) is 14.4. The van der Waals surface area contributed by atoms with Crippen molar-refractivity contribution >= 4 is 64.6 Å². The molecule has 2 saturated heterocycles. The Morgan fingerprint density at radius 1 is 0.954 bits per heavy atom. The molecule has 2 aliphatic rings. The van der Waals surface area contributed by atoms with Crippen molar-refractivity contribution in [1.29, 1.82) is 0 Å². The fourth-order valence-corrected chi connectivity index (χ4v) is 8.34. The summed E-state index contributed by atoms with van der Waals surface area (Å²) in [6.45, 7) is 5.15. The predicted molar refractivity (Wildman–Crippen MR) is 234 cm³/mol. The quantitative estimate of drug-likeness (QED) is 0.202. The van der Waals surface area contributed by atoms with Crippen molar-refractivity contribution in [2.24, 2.45) is 5.92 Å². The van der Waals surface area contributed by atoms with Gasteiger partial charge in [0.15, 0.2) is 0 Å². The summed E-state index contributed by atoms with van der Waals surface area (Å²) >= 11 is 12.8. The Morgan fingerprint density at radius 2 is 1.62 bits per heavy atom. The number of halogens is 5. The average Bonchev–Trinajstić information content (AvgIpc) is 3.74. The van der Waals surface area contributed by atoms with Crippen molar-refractivity contribution in [3.8, 4) is 0 Å². The van der Waals surface area contributed by atoms with Crippen molar-refractivity contribution in [3.63, 3.8) is 0 Å². The maximum Gasteiger partial charge on any atom is 0.426 e. The smallest absolute Gasteiger partial charge is 0.385 e. The van der Waals surface area contributed by atoms with E-state index in [0.717, 1.165) is 0 Å². The predicted octanol–water partition coefficient (Wildman–Crippen LogP) is 2.71. The van der Waals surface area contributed by atoms with Crippen LogP contribution < -0.4 is 16.0 Å². The summed E-state index contributed by atoms with van der Waals surface area (Å²) in [6.07, 6.45) is -4.76. The Morgan fingerprint density at radius 3 is 2.22 bits per heavy atom. The molecule has 0 spiro atoms. The van der Waals surface area contributed by atoms with Crippen LogP contribution >= 0.6 is 23.2 Å². The summed E-state index contributed by atoms with van der Waals surface area (Å²) in [5.41, 5.74) is -3.34. The maximum absolute atomic E-state index is 14.6. The van der Waals surface area contributed by atoms with E-state index in [1.54, 1.807) is 25.1 Å². The van der Waals surface area contributed by atoms with E-state index in [-0.39, 0.29) is 88.7 Å². The summed E-state index contributed by atoms with van der Waals surface area (Å²) in [5.74, 6) is -6.15. The lowest BCUT2D eigenvalue weighted by atomic mass is 9.98. The second kappa shape index (κ2) is 24.5. The lowest BCUT2D eigenvalue weighted by molar-refractivity contribution is -0.250. The van der Waals surface area contributed by atoms with Crippen molar-refractivity contribution in [2.45, 2.75) is 127 Å². The van der Waals surface area contributed by atoms with Crippen molar-refractivity contribution in [1.82, 2.24) is 35.6 Å². The van der Waals surface area contributed by atoms with E-state index in [1.807, 2.05) is 13.8 Å². The molecule has 0 saturated carbocycles. The normalized spacial score (nSPS) is 23.5. The first-order valence-corrected chi connectivity index (χ1v) is 22.4. The first kappa shape index (κ1) is 55.1. The number of amides is 7. The van der Waals surface area contributed by atoms with Crippen LogP contribution in [-0.4, -0.2) is 175 Å². The number of ether oxygens (including phenoxy) is 2. The number of carbonyl (C=O) groups is 7. The first-order chi connectivity index (χ1) is 30.4. The van der Waals surface area contributed by atoms with Gasteiger partial charge in [0.2, 0.25) is 41.0 Å². The molecule has 17 nitrogen and oxygen atoms in total. The molecule has 2 fully saturated rings. The van der Waals surface area contributed by atoms with Gasteiger partial charge in [-0.1, -0.05) is 37.0 Å². The minimum atomic E-state index is -5.33. The zero-order valence-corrected chi connectivity index (χ0v) is 39.8. The van der Waals surface area contributed by atoms with Crippen LogP contribution in [0.3, 0.4) is 0 Å². The van der Waals surface area contributed by atoms with Gasteiger partial charge in [-0.2, -0.15) is 13.2 Å². The molecular weight excluding hydrogens is 902 g/mol. The van der Waals surface area contributed by atoms with E-state index in [1.165, 1.54) is 43.0 Å². The van der Waals surface area contributed by atoms with Crippen LogP contribution in [0.4, 0.5) is 13.2 Å². The van der Waals surface area contributed by atoms with Crippen molar-refractivity contribution in [3.05, 3.63) is 33.8 Å². The number of benzene rings is 1. The van der Waals surface area contributed by atoms with E-state index in [9.17, 15) is 51.8 Å². The minimum absolute atomic E-state index is 0.0301. The second-order valence-corrected chi connectivity index (χ2v) is 17.9. The molecule has 22 heteroatoms. The van der Waals surface area contributed by atoms with Crippen LogP contribution in [0.25, 0.3) is 0 Å². The highest BCUT2D eigenvalue weighted by atomic mass is 35.5. The molecule has 0 aliphatic carbocycles. The number of alkyl halides is 3. The fourth-order valence-electron chi connectivity index (χ4n) is 7.95. The number of nitrogens with one attached hydrogen (secondary N) is 3. The van der Waals surface area contributed by atoms with Crippen LogP contribution in [0, 0.1) is 5.92 Å². The molecule has 1 aromatic rings. The van der Waals surface area contributed by atoms with Crippen LogP contribution in [-0.2, 0) is 49.5 Å². The van der Waals surface area contributed by atoms with Crippen LogP contribution in [0.5, 0.6) is 0 Å². The van der Waals surface area contributed by atoms with Crippen LogP contribution in [0.1, 0.15) is 78.2 Å². The molecule has 2 aliphatic heterocycles. The number of methoxy groups -OCH3 is 2. The topological polar surface area (TPSA) is 207 Å². The minimum Gasteiger partial charge on any atom is -0.385 e. The molecule has 4 N–H and O–H groups in total. The molecule has 2 heterocycles. The average molecular weight is 967 g/mol. The largest absolute Gasteiger partial charge is 0.426 e. The van der Waals surface area contributed by atoms with Gasteiger partial charge < -0.3 is 50.1 Å². The molecule has 7 amide bonds. The van der Waals surface area contributed by atoms with Gasteiger partial charge in [0.25, 0.3) is 5.91 Å². The summed E-state index contributed by atoms with van der Waals surface area (Å²) < 4.78 is 51.5. The van der Waals surface area contributed by atoms with Gasteiger partial charge in [0, 0.05) is 71.0 Å². The third-order valence-corrected chi connectivity index (χ3v) is 12.3. The third-order valence-electron chi connectivity index (χ3n) is 11.7. The summed E-state index contributed by atoms with van der Waals surface area (Å²) in [7, 11) is 5.65. The molecule has 366 valence electrons. The van der Waals surface area contributed by atoms with Gasteiger partial charge >= 0.3 is 6.18 Å². The SMILES string of the molecule is CCN(C(=O)[C@H](CCOC)NC(=O)[C@@H]1CCCN1C(=O)[C@@](C)(O)C(F)(F)F)[C@H]1CCCCN(C)C(=O)[C@@H](COC)NC(=O)[C@H](Cc2cc(Cl)ccc2Cl)N(C)C(=O)[C@H](CC(C)C)NC1=O. The number of hydrogen-bond acceptors (Lipinski definition) is 10.